The van der Waals surface area contributed by atoms with Crippen LogP contribution in [0.2, 0.25) is 0 Å². The zero-order valence-corrected chi connectivity index (χ0v) is 15.8. The summed E-state index contributed by atoms with van der Waals surface area (Å²) in [6.45, 7) is 2.55. The first-order valence-electron chi connectivity index (χ1n) is 9.15. The number of amides is 2. The van der Waals surface area contributed by atoms with Gasteiger partial charge in [0.05, 0.1) is 6.54 Å². The highest BCUT2D eigenvalue weighted by Crippen LogP contribution is 2.27. The second-order valence-electron chi connectivity index (χ2n) is 7.02. The number of alkyl halides is 3. The Morgan fingerprint density at radius 3 is 2.79 bits per heavy atom. The molecule has 1 atom stereocenters. The third kappa shape index (κ3) is 5.55. The van der Waals surface area contributed by atoms with Gasteiger partial charge < -0.3 is 10.2 Å². The number of hydrogen-bond acceptors (Lipinski definition) is 6. The molecule has 29 heavy (non-hydrogen) atoms. The SMILES string of the molecule is Cc1nonc1CNC(=O)C[C@H]1CCCN(C(=O)Cn2ccc(C(F)(F)F)n2)C1. The van der Waals surface area contributed by atoms with Gasteiger partial charge in [-0.25, -0.2) is 4.63 Å². The molecular weight excluding hydrogens is 393 g/mol. The molecule has 1 aliphatic rings. The summed E-state index contributed by atoms with van der Waals surface area (Å²) in [4.78, 5) is 26.2. The maximum absolute atomic E-state index is 12.6. The van der Waals surface area contributed by atoms with E-state index in [-0.39, 0.29) is 37.2 Å². The first-order chi connectivity index (χ1) is 13.7. The lowest BCUT2D eigenvalue weighted by molar-refractivity contribution is -0.142. The van der Waals surface area contributed by atoms with Crippen molar-refractivity contribution in [3.05, 3.63) is 29.3 Å². The van der Waals surface area contributed by atoms with Gasteiger partial charge in [0.2, 0.25) is 11.8 Å². The van der Waals surface area contributed by atoms with E-state index < -0.39 is 11.9 Å². The highest BCUT2D eigenvalue weighted by Gasteiger charge is 2.34. The summed E-state index contributed by atoms with van der Waals surface area (Å²) >= 11 is 0. The minimum absolute atomic E-state index is 0.0208. The summed E-state index contributed by atoms with van der Waals surface area (Å²) in [5.41, 5.74) is 0.124. The highest BCUT2D eigenvalue weighted by atomic mass is 19.4. The van der Waals surface area contributed by atoms with E-state index in [1.165, 1.54) is 0 Å². The van der Waals surface area contributed by atoms with Crippen LogP contribution in [0.25, 0.3) is 0 Å². The second-order valence-corrected chi connectivity index (χ2v) is 7.02. The van der Waals surface area contributed by atoms with E-state index in [0.717, 1.165) is 29.8 Å². The summed E-state index contributed by atoms with van der Waals surface area (Å²) in [6.07, 6.45) is -1.65. The maximum Gasteiger partial charge on any atom is 0.435 e. The molecular formula is C17H21F3N6O3. The zero-order valence-electron chi connectivity index (χ0n) is 15.8. The van der Waals surface area contributed by atoms with Gasteiger partial charge >= 0.3 is 6.18 Å². The van der Waals surface area contributed by atoms with Gasteiger partial charge in [0.15, 0.2) is 5.69 Å². The monoisotopic (exact) mass is 414 g/mol. The average molecular weight is 414 g/mol. The van der Waals surface area contributed by atoms with Gasteiger partial charge in [0, 0.05) is 25.7 Å². The van der Waals surface area contributed by atoms with Crippen molar-refractivity contribution in [1.82, 2.24) is 30.3 Å². The van der Waals surface area contributed by atoms with Crippen LogP contribution in [-0.2, 0) is 28.9 Å². The molecule has 1 fully saturated rings. The number of carbonyl (C=O) groups excluding carboxylic acids is 2. The van der Waals surface area contributed by atoms with E-state index in [0.29, 0.717) is 24.5 Å². The molecule has 1 aliphatic heterocycles. The van der Waals surface area contributed by atoms with Gasteiger partial charge in [-0.2, -0.15) is 18.3 Å². The van der Waals surface area contributed by atoms with Gasteiger partial charge in [-0.1, -0.05) is 10.3 Å². The molecule has 3 heterocycles. The topological polar surface area (TPSA) is 106 Å². The first-order valence-corrected chi connectivity index (χ1v) is 9.15. The van der Waals surface area contributed by atoms with E-state index in [1.807, 2.05) is 0 Å². The summed E-state index contributed by atoms with van der Waals surface area (Å²) in [6, 6.07) is 0.836. The van der Waals surface area contributed by atoms with Crippen LogP contribution in [0.5, 0.6) is 0 Å². The number of carbonyl (C=O) groups is 2. The number of aromatic nitrogens is 4. The zero-order chi connectivity index (χ0) is 21.0. The van der Waals surface area contributed by atoms with Gasteiger partial charge in [0.25, 0.3) is 0 Å². The molecule has 2 aromatic heterocycles. The summed E-state index contributed by atoms with van der Waals surface area (Å²) in [7, 11) is 0. The van der Waals surface area contributed by atoms with E-state index in [2.05, 4.69) is 25.4 Å². The number of likely N-dealkylation sites (tertiary alicyclic amines) is 1. The van der Waals surface area contributed by atoms with Crippen molar-refractivity contribution in [2.24, 2.45) is 5.92 Å². The van der Waals surface area contributed by atoms with Crippen molar-refractivity contribution in [2.75, 3.05) is 13.1 Å². The number of piperidine rings is 1. The van der Waals surface area contributed by atoms with Crippen molar-refractivity contribution in [2.45, 2.75) is 45.5 Å². The fraction of sp³-hybridized carbons (Fsp3) is 0.588. The van der Waals surface area contributed by atoms with Gasteiger partial charge in [0.1, 0.15) is 17.9 Å². The molecule has 0 spiro atoms. The molecule has 2 aromatic rings. The summed E-state index contributed by atoms with van der Waals surface area (Å²) in [5.74, 6) is -0.516. The third-order valence-electron chi connectivity index (χ3n) is 4.77. The van der Waals surface area contributed by atoms with Gasteiger partial charge in [-0.15, -0.1) is 0 Å². The lowest BCUT2D eigenvalue weighted by Crippen LogP contribution is -2.42. The van der Waals surface area contributed by atoms with Crippen LogP contribution >= 0.6 is 0 Å². The van der Waals surface area contributed by atoms with E-state index in [4.69, 9.17) is 0 Å². The highest BCUT2D eigenvalue weighted by molar-refractivity contribution is 5.77. The van der Waals surface area contributed by atoms with Crippen LogP contribution in [0, 0.1) is 12.8 Å². The molecule has 0 bridgehead atoms. The molecule has 0 saturated carbocycles. The Morgan fingerprint density at radius 2 is 2.14 bits per heavy atom. The fourth-order valence-corrected chi connectivity index (χ4v) is 3.22. The summed E-state index contributed by atoms with van der Waals surface area (Å²) < 4.78 is 43.4. The Morgan fingerprint density at radius 1 is 1.34 bits per heavy atom. The molecule has 158 valence electrons. The van der Waals surface area contributed by atoms with Crippen molar-refractivity contribution in [3.63, 3.8) is 0 Å². The van der Waals surface area contributed by atoms with Crippen LogP contribution in [0.15, 0.2) is 16.9 Å². The van der Waals surface area contributed by atoms with Crippen molar-refractivity contribution >= 4 is 11.8 Å². The molecule has 0 unspecified atom stereocenters. The smallest absolute Gasteiger partial charge is 0.350 e. The van der Waals surface area contributed by atoms with Crippen molar-refractivity contribution in [1.29, 1.82) is 0 Å². The molecule has 12 heteroatoms. The van der Waals surface area contributed by atoms with E-state index in [1.54, 1.807) is 11.8 Å². The van der Waals surface area contributed by atoms with Crippen LogP contribution in [0.4, 0.5) is 13.2 Å². The first kappa shape index (κ1) is 20.8. The number of nitrogens with one attached hydrogen (secondary N) is 1. The second kappa shape index (κ2) is 8.62. The van der Waals surface area contributed by atoms with Gasteiger partial charge in [-0.3, -0.25) is 14.3 Å². The van der Waals surface area contributed by atoms with E-state index >= 15 is 0 Å². The fourth-order valence-electron chi connectivity index (χ4n) is 3.22. The molecule has 1 saturated heterocycles. The standard InChI is InChI=1S/C17H21F3N6O3/c1-11-13(24-29-23-11)8-21-15(27)7-12-3-2-5-25(9-12)16(28)10-26-6-4-14(22-26)17(18,19)20/h4,6,12H,2-3,5,7-10H2,1H3,(H,21,27)/t12-/m1/s1. The van der Waals surface area contributed by atoms with Crippen molar-refractivity contribution < 1.29 is 27.4 Å². The largest absolute Gasteiger partial charge is 0.435 e. The Labute approximate surface area is 164 Å². The number of nitrogens with zero attached hydrogens (tertiary/aromatic N) is 5. The van der Waals surface area contributed by atoms with Crippen LogP contribution in [-0.4, -0.2) is 49.9 Å². The minimum Gasteiger partial charge on any atom is -0.350 e. The molecule has 0 radical (unpaired) electrons. The lowest BCUT2D eigenvalue weighted by atomic mass is 9.94. The Bertz CT molecular complexity index is 863. The quantitative estimate of drug-likeness (QED) is 0.769. The number of halogens is 3. The molecule has 2 amide bonds. The molecule has 1 N–H and O–H groups in total. The Balaban J connectivity index is 1.48. The predicted molar refractivity (Wildman–Crippen MR) is 92.0 cm³/mol. The lowest BCUT2D eigenvalue weighted by Gasteiger charge is -2.32. The molecule has 3 rings (SSSR count). The number of hydrogen-bond donors (Lipinski definition) is 1. The molecule has 9 nitrogen and oxygen atoms in total. The minimum atomic E-state index is -4.54. The normalized spacial score (nSPS) is 17.4. The average Bonchev–Trinajstić information content (AvgIpc) is 3.29. The van der Waals surface area contributed by atoms with E-state index in [9.17, 15) is 22.8 Å². The summed E-state index contributed by atoms with van der Waals surface area (Å²) in [5, 5.41) is 13.5. The number of aryl methyl sites for hydroxylation is 1. The van der Waals surface area contributed by atoms with Crippen LogP contribution < -0.4 is 5.32 Å². The molecule has 0 aliphatic carbocycles. The van der Waals surface area contributed by atoms with Crippen molar-refractivity contribution in [3.8, 4) is 0 Å². The van der Waals surface area contributed by atoms with Gasteiger partial charge in [-0.05, 0) is 31.7 Å². The Kier molecular flexibility index (Phi) is 6.18. The van der Waals surface area contributed by atoms with Crippen LogP contribution in [0.1, 0.15) is 36.3 Å². The third-order valence-corrected chi connectivity index (χ3v) is 4.77. The van der Waals surface area contributed by atoms with Crippen LogP contribution in [0.3, 0.4) is 0 Å². The predicted octanol–water partition coefficient (Wildman–Crippen LogP) is 1.54. The Hall–Kier alpha value is -2.92. The number of rotatable bonds is 6. The maximum atomic E-state index is 12.6. The molecule has 0 aromatic carbocycles.